The van der Waals surface area contributed by atoms with E-state index in [9.17, 15) is 19.7 Å². The predicted molar refractivity (Wildman–Crippen MR) is 113 cm³/mol. The van der Waals surface area contributed by atoms with E-state index in [1.807, 2.05) is 18.2 Å². The van der Waals surface area contributed by atoms with Crippen molar-refractivity contribution in [3.05, 3.63) is 73.8 Å². The lowest BCUT2D eigenvalue weighted by Crippen LogP contribution is -2.46. The second-order valence-electron chi connectivity index (χ2n) is 7.86. The summed E-state index contributed by atoms with van der Waals surface area (Å²) in [6.07, 6.45) is 3.01. The number of nitrogens with one attached hydrogen (secondary N) is 1. The fourth-order valence-corrected chi connectivity index (χ4v) is 4.64. The van der Waals surface area contributed by atoms with E-state index in [0.717, 1.165) is 30.4 Å². The number of hydrogen-bond donors (Lipinski definition) is 1. The Hall–Kier alpha value is -2.93. The standard InChI is InChI=1S/C22H22ClN3O4/c1-13-11-15(5-9-19(13)26(29)30)22(28)25-10-2-3-20(25)21(27)24-18-8-4-14-12-16(23)6-7-17(14)18/h5-7,9,11-12,18,20H,2-4,8,10H2,1H3,(H,24,27). The van der Waals surface area contributed by atoms with E-state index in [4.69, 9.17) is 11.6 Å². The summed E-state index contributed by atoms with van der Waals surface area (Å²) in [6, 6.07) is 9.41. The molecule has 2 amide bonds. The molecule has 0 aromatic heterocycles. The van der Waals surface area contributed by atoms with Crippen molar-refractivity contribution in [3.8, 4) is 0 Å². The molecule has 8 heteroatoms. The van der Waals surface area contributed by atoms with Crippen molar-refractivity contribution >= 4 is 29.1 Å². The van der Waals surface area contributed by atoms with Gasteiger partial charge in [-0.1, -0.05) is 17.7 Å². The summed E-state index contributed by atoms with van der Waals surface area (Å²) in [5.74, 6) is -0.434. The molecule has 0 bridgehead atoms. The first-order chi connectivity index (χ1) is 14.3. The molecule has 1 heterocycles. The van der Waals surface area contributed by atoms with E-state index in [1.54, 1.807) is 11.8 Å². The Morgan fingerprint density at radius 2 is 2.00 bits per heavy atom. The molecule has 2 atom stereocenters. The van der Waals surface area contributed by atoms with Crippen molar-refractivity contribution in [2.75, 3.05) is 6.54 Å². The number of fused-ring (bicyclic) bond motifs is 1. The molecule has 1 N–H and O–H groups in total. The van der Waals surface area contributed by atoms with Crippen molar-refractivity contribution in [2.45, 2.75) is 44.7 Å². The minimum atomic E-state index is -0.538. The first-order valence-electron chi connectivity index (χ1n) is 10.00. The van der Waals surface area contributed by atoms with Crippen LogP contribution in [0.2, 0.25) is 5.02 Å². The molecule has 0 radical (unpaired) electrons. The molecule has 2 aromatic carbocycles. The zero-order valence-electron chi connectivity index (χ0n) is 16.6. The maximum absolute atomic E-state index is 13.0. The van der Waals surface area contributed by atoms with Crippen LogP contribution >= 0.6 is 11.6 Å². The Morgan fingerprint density at radius 3 is 2.73 bits per heavy atom. The third-order valence-electron chi connectivity index (χ3n) is 5.96. The first-order valence-corrected chi connectivity index (χ1v) is 10.4. The fraction of sp³-hybridized carbons (Fsp3) is 0.364. The number of amides is 2. The molecule has 2 aliphatic rings. The summed E-state index contributed by atoms with van der Waals surface area (Å²) in [7, 11) is 0. The van der Waals surface area contributed by atoms with Gasteiger partial charge in [0.1, 0.15) is 6.04 Å². The van der Waals surface area contributed by atoms with E-state index in [2.05, 4.69) is 5.32 Å². The number of nitrogens with zero attached hydrogens (tertiary/aromatic N) is 2. The third-order valence-corrected chi connectivity index (χ3v) is 6.19. The largest absolute Gasteiger partial charge is 0.347 e. The van der Waals surface area contributed by atoms with Gasteiger partial charge in [0.2, 0.25) is 5.91 Å². The topological polar surface area (TPSA) is 92.6 Å². The summed E-state index contributed by atoms with van der Waals surface area (Å²) in [6.45, 7) is 2.09. The Labute approximate surface area is 179 Å². The van der Waals surface area contributed by atoms with Gasteiger partial charge < -0.3 is 10.2 Å². The number of aryl methyl sites for hydroxylation is 2. The molecule has 0 spiro atoms. The molecule has 2 unspecified atom stereocenters. The molecule has 156 valence electrons. The fourth-order valence-electron chi connectivity index (χ4n) is 4.45. The number of likely N-dealkylation sites (tertiary alicyclic amines) is 1. The Morgan fingerprint density at radius 1 is 1.20 bits per heavy atom. The number of nitro benzene ring substituents is 1. The van der Waals surface area contributed by atoms with Crippen molar-refractivity contribution in [1.29, 1.82) is 0 Å². The van der Waals surface area contributed by atoms with Gasteiger partial charge in [-0.2, -0.15) is 0 Å². The Balaban J connectivity index is 1.49. The van der Waals surface area contributed by atoms with Crippen LogP contribution in [0.15, 0.2) is 36.4 Å². The minimum absolute atomic E-state index is 0.0257. The van der Waals surface area contributed by atoms with Gasteiger partial charge >= 0.3 is 0 Å². The van der Waals surface area contributed by atoms with Gasteiger partial charge in [0, 0.05) is 28.8 Å². The Bertz CT molecular complexity index is 1040. The van der Waals surface area contributed by atoms with Crippen molar-refractivity contribution in [2.24, 2.45) is 0 Å². The molecule has 1 saturated heterocycles. The highest BCUT2D eigenvalue weighted by atomic mass is 35.5. The van der Waals surface area contributed by atoms with Crippen molar-refractivity contribution in [1.82, 2.24) is 10.2 Å². The molecule has 1 aliphatic carbocycles. The van der Waals surface area contributed by atoms with Gasteiger partial charge in [-0.25, -0.2) is 0 Å². The summed E-state index contributed by atoms with van der Waals surface area (Å²) < 4.78 is 0. The summed E-state index contributed by atoms with van der Waals surface area (Å²) in [4.78, 5) is 38.2. The third kappa shape index (κ3) is 3.77. The number of nitro groups is 1. The van der Waals surface area contributed by atoms with E-state index in [-0.39, 0.29) is 23.5 Å². The lowest BCUT2D eigenvalue weighted by Gasteiger charge is -2.26. The van der Waals surface area contributed by atoms with Crippen LogP contribution in [0.5, 0.6) is 0 Å². The van der Waals surface area contributed by atoms with Crippen LogP contribution in [0.25, 0.3) is 0 Å². The van der Waals surface area contributed by atoms with Crippen molar-refractivity contribution in [3.63, 3.8) is 0 Å². The molecule has 30 heavy (non-hydrogen) atoms. The highest BCUT2D eigenvalue weighted by Gasteiger charge is 2.36. The van der Waals surface area contributed by atoms with Gasteiger partial charge in [0.15, 0.2) is 0 Å². The quantitative estimate of drug-likeness (QED) is 0.590. The van der Waals surface area contributed by atoms with Crippen LogP contribution in [0.3, 0.4) is 0 Å². The molecular formula is C22H22ClN3O4. The molecule has 0 saturated carbocycles. The van der Waals surface area contributed by atoms with Crippen LogP contribution in [0.4, 0.5) is 5.69 Å². The van der Waals surface area contributed by atoms with E-state index in [0.29, 0.717) is 29.1 Å². The van der Waals surface area contributed by atoms with Crippen LogP contribution in [-0.2, 0) is 11.2 Å². The average Bonchev–Trinajstić information content (AvgIpc) is 3.34. The van der Waals surface area contributed by atoms with Gasteiger partial charge in [-0.05, 0) is 68.0 Å². The second-order valence-corrected chi connectivity index (χ2v) is 8.29. The maximum atomic E-state index is 13.0. The van der Waals surface area contributed by atoms with Crippen LogP contribution < -0.4 is 5.32 Å². The monoisotopic (exact) mass is 427 g/mol. The summed E-state index contributed by atoms with van der Waals surface area (Å²) in [5.41, 5.74) is 2.98. The van der Waals surface area contributed by atoms with E-state index in [1.165, 1.54) is 18.2 Å². The number of hydrogen-bond acceptors (Lipinski definition) is 4. The van der Waals surface area contributed by atoms with Gasteiger partial charge in [0.05, 0.1) is 11.0 Å². The number of benzene rings is 2. The average molecular weight is 428 g/mol. The smallest absolute Gasteiger partial charge is 0.272 e. The lowest BCUT2D eigenvalue weighted by atomic mass is 10.1. The zero-order chi connectivity index (χ0) is 21.4. The molecule has 4 rings (SSSR count). The zero-order valence-corrected chi connectivity index (χ0v) is 17.3. The predicted octanol–water partition coefficient (Wildman–Crippen LogP) is 3.96. The molecule has 1 fully saturated rings. The normalized spacial score (nSPS) is 20.1. The van der Waals surface area contributed by atoms with Crippen LogP contribution in [0, 0.1) is 17.0 Å². The van der Waals surface area contributed by atoms with Gasteiger partial charge in [-0.15, -0.1) is 0 Å². The highest BCUT2D eigenvalue weighted by Crippen LogP contribution is 2.33. The molecular weight excluding hydrogens is 406 g/mol. The van der Waals surface area contributed by atoms with E-state index >= 15 is 0 Å². The van der Waals surface area contributed by atoms with Crippen molar-refractivity contribution < 1.29 is 14.5 Å². The molecule has 2 aromatic rings. The van der Waals surface area contributed by atoms with Crippen LogP contribution in [0.1, 0.15) is 52.4 Å². The van der Waals surface area contributed by atoms with Crippen LogP contribution in [-0.4, -0.2) is 34.2 Å². The number of carbonyl (C=O) groups excluding carboxylic acids is 2. The summed E-state index contributed by atoms with van der Waals surface area (Å²) in [5, 5.41) is 14.8. The SMILES string of the molecule is Cc1cc(C(=O)N2CCCC2C(=O)NC2CCc3cc(Cl)ccc32)ccc1[N+](=O)[O-]. The molecule has 7 nitrogen and oxygen atoms in total. The van der Waals surface area contributed by atoms with Gasteiger partial charge in [-0.3, -0.25) is 19.7 Å². The molecule has 1 aliphatic heterocycles. The number of halogens is 1. The number of carbonyl (C=O) groups is 2. The first kappa shape index (κ1) is 20.3. The second kappa shape index (κ2) is 8.07. The summed E-state index contributed by atoms with van der Waals surface area (Å²) >= 11 is 6.06. The van der Waals surface area contributed by atoms with Gasteiger partial charge in [0.25, 0.3) is 11.6 Å². The Kier molecular flexibility index (Phi) is 5.47. The van der Waals surface area contributed by atoms with E-state index < -0.39 is 11.0 Å². The number of rotatable bonds is 4. The highest BCUT2D eigenvalue weighted by molar-refractivity contribution is 6.30. The maximum Gasteiger partial charge on any atom is 0.272 e. The lowest BCUT2D eigenvalue weighted by molar-refractivity contribution is -0.385. The minimum Gasteiger partial charge on any atom is -0.347 e.